The number of hydrogen-bond donors (Lipinski definition) is 1. The van der Waals surface area contributed by atoms with Gasteiger partial charge in [-0.3, -0.25) is 9.59 Å². The number of carbonyl (C=O) groups excluding carboxylic acids is 1. The first-order valence-corrected chi connectivity index (χ1v) is 6.83. The molecule has 3 aromatic rings. The molecule has 3 rings (SSSR count). The van der Waals surface area contributed by atoms with Crippen molar-refractivity contribution in [3.05, 3.63) is 46.6 Å². The molecule has 112 valence electrons. The highest BCUT2D eigenvalue weighted by Crippen LogP contribution is 2.30. The fourth-order valence-electron chi connectivity index (χ4n) is 2.24. The van der Waals surface area contributed by atoms with Gasteiger partial charge < -0.3 is 14.3 Å². The van der Waals surface area contributed by atoms with Crippen molar-refractivity contribution in [2.45, 2.75) is 20.0 Å². The normalized spacial score (nSPS) is 12.5. The van der Waals surface area contributed by atoms with Gasteiger partial charge >= 0.3 is 0 Å². The summed E-state index contributed by atoms with van der Waals surface area (Å²) in [4.78, 5) is 23.7. The van der Waals surface area contributed by atoms with Gasteiger partial charge in [-0.1, -0.05) is 12.1 Å². The summed E-state index contributed by atoms with van der Waals surface area (Å²) in [7, 11) is 0. The minimum Gasteiger partial charge on any atom is -0.507 e. The molecule has 5 nitrogen and oxygen atoms in total. The van der Waals surface area contributed by atoms with Gasteiger partial charge in [0.2, 0.25) is 5.43 Å². The summed E-state index contributed by atoms with van der Waals surface area (Å²) in [6.45, 7) is 3.03. The zero-order valence-corrected chi connectivity index (χ0v) is 12.1. The number of carbonyl (C=O) groups is 1. The largest absolute Gasteiger partial charge is 0.507 e. The number of para-hydroxylation sites is 1. The minimum absolute atomic E-state index is 0.0986. The van der Waals surface area contributed by atoms with Crippen molar-refractivity contribution in [1.29, 1.82) is 0 Å². The minimum atomic E-state index is -0.649. The van der Waals surface area contributed by atoms with Gasteiger partial charge in [0, 0.05) is 12.1 Å². The number of Topliss-reactive ketones (excluding diaryl/α,β-unsaturated/α-hetero) is 1. The SMILES string of the molecule is CC(=O)C(C)Oc1cc(O)c2c(=O)c3ccccc3oc2c1. The van der Waals surface area contributed by atoms with Crippen LogP contribution in [0.3, 0.4) is 0 Å². The standard InChI is InChI=1S/C17H14O5/c1-9(18)10(2)21-11-7-13(19)16-15(8-11)22-14-6-4-3-5-12(14)17(16)20/h3-8,10,19H,1-2H3. The van der Waals surface area contributed by atoms with Gasteiger partial charge in [-0.05, 0) is 26.0 Å². The van der Waals surface area contributed by atoms with Crippen LogP contribution < -0.4 is 10.2 Å². The second kappa shape index (κ2) is 5.18. The molecule has 2 aromatic carbocycles. The molecule has 0 amide bonds. The van der Waals surface area contributed by atoms with Crippen LogP contribution in [0.2, 0.25) is 0 Å². The van der Waals surface area contributed by atoms with Crippen molar-refractivity contribution in [2.75, 3.05) is 0 Å². The molecular weight excluding hydrogens is 284 g/mol. The molecule has 0 radical (unpaired) electrons. The fourth-order valence-corrected chi connectivity index (χ4v) is 2.24. The first-order valence-electron chi connectivity index (χ1n) is 6.83. The number of aromatic hydroxyl groups is 1. The summed E-state index contributed by atoms with van der Waals surface area (Å²) in [5.41, 5.74) is 0.339. The highest BCUT2D eigenvalue weighted by atomic mass is 16.5. The van der Waals surface area contributed by atoms with E-state index in [9.17, 15) is 14.7 Å². The van der Waals surface area contributed by atoms with E-state index < -0.39 is 6.10 Å². The number of rotatable bonds is 3. The lowest BCUT2D eigenvalue weighted by molar-refractivity contribution is -0.122. The summed E-state index contributed by atoms with van der Waals surface area (Å²) in [6, 6.07) is 9.63. The second-order valence-electron chi connectivity index (χ2n) is 5.11. The molecule has 1 heterocycles. The molecule has 0 spiro atoms. The van der Waals surface area contributed by atoms with Gasteiger partial charge in [0.25, 0.3) is 0 Å². The van der Waals surface area contributed by atoms with Crippen LogP contribution in [-0.4, -0.2) is 17.0 Å². The maximum atomic E-state index is 12.4. The lowest BCUT2D eigenvalue weighted by Gasteiger charge is -2.12. The Hall–Kier alpha value is -2.82. The van der Waals surface area contributed by atoms with Crippen LogP contribution in [0.25, 0.3) is 21.9 Å². The second-order valence-corrected chi connectivity index (χ2v) is 5.11. The topological polar surface area (TPSA) is 76.7 Å². The highest BCUT2D eigenvalue weighted by molar-refractivity contribution is 5.93. The number of benzene rings is 2. The number of phenols is 1. The Labute approximate surface area is 125 Å². The molecule has 0 aliphatic heterocycles. The van der Waals surface area contributed by atoms with E-state index in [0.717, 1.165) is 0 Å². The van der Waals surface area contributed by atoms with Crippen molar-refractivity contribution in [1.82, 2.24) is 0 Å². The lowest BCUT2D eigenvalue weighted by Crippen LogP contribution is -2.20. The maximum absolute atomic E-state index is 12.4. The third-order valence-electron chi connectivity index (χ3n) is 3.52. The Balaban J connectivity index is 2.24. The monoisotopic (exact) mass is 298 g/mol. The molecule has 0 aliphatic rings. The number of ketones is 1. The van der Waals surface area contributed by atoms with Gasteiger partial charge in [0.1, 0.15) is 28.1 Å². The molecule has 5 heteroatoms. The van der Waals surface area contributed by atoms with Crippen LogP contribution in [-0.2, 0) is 4.79 Å². The van der Waals surface area contributed by atoms with Crippen LogP contribution in [0, 0.1) is 0 Å². The van der Waals surface area contributed by atoms with Gasteiger partial charge in [-0.2, -0.15) is 0 Å². The highest BCUT2D eigenvalue weighted by Gasteiger charge is 2.15. The van der Waals surface area contributed by atoms with Crippen LogP contribution in [0.15, 0.2) is 45.6 Å². The molecule has 0 bridgehead atoms. The summed E-state index contributed by atoms with van der Waals surface area (Å²) in [6.07, 6.45) is -0.649. The number of ether oxygens (including phenoxy) is 1. The van der Waals surface area contributed by atoms with Crippen molar-refractivity contribution >= 4 is 27.7 Å². The first-order chi connectivity index (χ1) is 10.5. The van der Waals surface area contributed by atoms with Gasteiger partial charge in [0.15, 0.2) is 11.9 Å². The Morgan fingerprint density at radius 1 is 1.23 bits per heavy atom. The summed E-state index contributed by atoms with van der Waals surface area (Å²) < 4.78 is 11.1. The van der Waals surface area contributed by atoms with Crippen LogP contribution in [0.4, 0.5) is 0 Å². The molecular formula is C17H14O5. The Kier molecular flexibility index (Phi) is 3.33. The average Bonchev–Trinajstić information content (AvgIpc) is 2.46. The van der Waals surface area contributed by atoms with E-state index in [1.54, 1.807) is 31.2 Å². The molecule has 1 aromatic heterocycles. The smallest absolute Gasteiger partial charge is 0.204 e. The molecule has 1 N–H and O–H groups in total. The Morgan fingerprint density at radius 3 is 2.68 bits per heavy atom. The summed E-state index contributed by atoms with van der Waals surface area (Å²) in [5.74, 6) is -0.103. The van der Waals surface area contributed by atoms with Gasteiger partial charge in [-0.15, -0.1) is 0 Å². The van der Waals surface area contributed by atoms with E-state index in [4.69, 9.17) is 9.15 Å². The van der Waals surface area contributed by atoms with Crippen molar-refractivity contribution in [3.63, 3.8) is 0 Å². The van der Waals surface area contributed by atoms with E-state index in [1.165, 1.54) is 19.1 Å². The van der Waals surface area contributed by atoms with E-state index in [1.807, 2.05) is 0 Å². The zero-order chi connectivity index (χ0) is 15.9. The van der Waals surface area contributed by atoms with Crippen molar-refractivity contribution in [2.24, 2.45) is 0 Å². The summed E-state index contributed by atoms with van der Waals surface area (Å²) in [5, 5.41) is 10.6. The summed E-state index contributed by atoms with van der Waals surface area (Å²) >= 11 is 0. The third kappa shape index (κ3) is 2.30. The average molecular weight is 298 g/mol. The van der Waals surface area contributed by atoms with Crippen molar-refractivity contribution in [3.8, 4) is 11.5 Å². The van der Waals surface area contributed by atoms with Gasteiger partial charge in [0.05, 0.1) is 5.39 Å². The third-order valence-corrected chi connectivity index (χ3v) is 3.52. The van der Waals surface area contributed by atoms with Crippen LogP contribution in [0.1, 0.15) is 13.8 Å². The molecule has 0 aliphatic carbocycles. The number of hydrogen-bond acceptors (Lipinski definition) is 5. The van der Waals surface area contributed by atoms with E-state index in [0.29, 0.717) is 11.0 Å². The van der Waals surface area contributed by atoms with Crippen LogP contribution in [0.5, 0.6) is 11.5 Å². The van der Waals surface area contributed by atoms with Gasteiger partial charge in [-0.25, -0.2) is 0 Å². The molecule has 0 saturated heterocycles. The van der Waals surface area contributed by atoms with E-state index >= 15 is 0 Å². The molecule has 1 atom stereocenters. The number of fused-ring (bicyclic) bond motifs is 2. The zero-order valence-electron chi connectivity index (χ0n) is 12.1. The molecule has 0 saturated carbocycles. The number of phenolic OH excluding ortho intramolecular Hbond substituents is 1. The quantitative estimate of drug-likeness (QED) is 0.752. The maximum Gasteiger partial charge on any atom is 0.204 e. The van der Waals surface area contributed by atoms with E-state index in [2.05, 4.69) is 0 Å². The van der Waals surface area contributed by atoms with E-state index in [-0.39, 0.29) is 33.7 Å². The predicted octanol–water partition coefficient (Wildman–Crippen LogP) is 3.01. The Morgan fingerprint density at radius 2 is 1.95 bits per heavy atom. The molecule has 22 heavy (non-hydrogen) atoms. The first kappa shape index (κ1) is 14.1. The molecule has 1 unspecified atom stereocenters. The fraction of sp³-hybridized carbons (Fsp3) is 0.176. The van der Waals surface area contributed by atoms with Crippen molar-refractivity contribution < 1.29 is 19.1 Å². The lowest BCUT2D eigenvalue weighted by atomic mass is 10.1. The Bertz CT molecular complexity index is 939. The van der Waals surface area contributed by atoms with Crippen LogP contribution >= 0.6 is 0 Å². The predicted molar refractivity (Wildman–Crippen MR) is 82.4 cm³/mol. The molecule has 0 fully saturated rings.